The molecule has 6 heteroatoms. The molecular formula is C30H23Cl2N3O. The summed E-state index contributed by atoms with van der Waals surface area (Å²) in [6.07, 6.45) is 2.27. The lowest BCUT2D eigenvalue weighted by Gasteiger charge is -2.20. The van der Waals surface area contributed by atoms with E-state index in [0.29, 0.717) is 21.5 Å². The van der Waals surface area contributed by atoms with Crippen molar-refractivity contribution in [3.63, 3.8) is 0 Å². The van der Waals surface area contributed by atoms with Crippen molar-refractivity contribution in [1.82, 2.24) is 9.55 Å². The van der Waals surface area contributed by atoms with E-state index in [1.807, 2.05) is 36.4 Å². The highest BCUT2D eigenvalue weighted by atomic mass is 35.5. The van der Waals surface area contributed by atoms with E-state index in [2.05, 4.69) is 47.0 Å². The summed E-state index contributed by atoms with van der Waals surface area (Å²) in [4.78, 5) is 16.6. The Balaban J connectivity index is 1.54. The van der Waals surface area contributed by atoms with E-state index in [1.165, 1.54) is 0 Å². The van der Waals surface area contributed by atoms with Crippen molar-refractivity contribution < 1.29 is 4.79 Å². The number of aromatic nitrogens is 2. The molecule has 6 rings (SSSR count). The molecule has 0 radical (unpaired) electrons. The standard InChI is InChI=1S/C30H23Cl2N3O/c31-23-10-3-18(4-11-23)28(19-5-12-24(32)13-6-19)22-9-16-26-27(17-22)35(30(34-26)21-1-2-21)25-14-7-20(8-15-25)29(33)36/h3-17,21,28H,1-2H2,(H2,33,36). The number of carbonyl (C=O) groups excluding carboxylic acids is 1. The second-order valence-corrected chi connectivity index (χ2v) is 10.1. The number of imidazole rings is 1. The summed E-state index contributed by atoms with van der Waals surface area (Å²) < 4.78 is 2.22. The molecule has 4 aromatic carbocycles. The Kier molecular flexibility index (Phi) is 5.79. The zero-order valence-electron chi connectivity index (χ0n) is 19.4. The molecule has 1 fully saturated rings. The van der Waals surface area contributed by atoms with Crippen LogP contribution in [0.4, 0.5) is 0 Å². The minimum Gasteiger partial charge on any atom is -0.366 e. The fraction of sp³-hybridized carbons (Fsp3) is 0.133. The predicted octanol–water partition coefficient (Wildman–Crippen LogP) is 7.49. The van der Waals surface area contributed by atoms with Crippen molar-refractivity contribution in [2.75, 3.05) is 0 Å². The Labute approximate surface area is 219 Å². The summed E-state index contributed by atoms with van der Waals surface area (Å²) in [5.41, 5.74) is 12.3. The number of carbonyl (C=O) groups is 1. The van der Waals surface area contributed by atoms with Gasteiger partial charge in [0.25, 0.3) is 0 Å². The van der Waals surface area contributed by atoms with Crippen molar-refractivity contribution in [3.8, 4) is 5.69 Å². The maximum atomic E-state index is 11.6. The summed E-state index contributed by atoms with van der Waals surface area (Å²) >= 11 is 12.4. The highest BCUT2D eigenvalue weighted by Crippen LogP contribution is 2.43. The van der Waals surface area contributed by atoms with Crippen LogP contribution in [-0.4, -0.2) is 15.5 Å². The molecule has 0 spiro atoms. The summed E-state index contributed by atoms with van der Waals surface area (Å²) in [6, 6.07) is 29.9. The monoisotopic (exact) mass is 511 g/mol. The molecule has 1 heterocycles. The van der Waals surface area contributed by atoms with Gasteiger partial charge in [0.15, 0.2) is 0 Å². The molecule has 1 aliphatic rings. The van der Waals surface area contributed by atoms with Gasteiger partial charge in [0, 0.05) is 33.1 Å². The second-order valence-electron chi connectivity index (χ2n) is 9.28. The molecule has 0 atom stereocenters. The van der Waals surface area contributed by atoms with Crippen molar-refractivity contribution in [3.05, 3.63) is 129 Å². The molecule has 1 aromatic heterocycles. The SMILES string of the molecule is NC(=O)c1ccc(-n2c(C3CC3)nc3ccc(C(c4ccc(Cl)cc4)c4ccc(Cl)cc4)cc32)cc1. The molecule has 0 aliphatic heterocycles. The number of hydrogen-bond donors (Lipinski definition) is 1. The van der Waals surface area contributed by atoms with Gasteiger partial charge in [-0.2, -0.15) is 0 Å². The molecule has 0 saturated heterocycles. The first-order valence-electron chi connectivity index (χ1n) is 11.9. The van der Waals surface area contributed by atoms with Gasteiger partial charge in [0.05, 0.1) is 11.0 Å². The van der Waals surface area contributed by atoms with Gasteiger partial charge in [0.2, 0.25) is 5.91 Å². The summed E-state index contributed by atoms with van der Waals surface area (Å²) in [5.74, 6) is 1.06. The first kappa shape index (κ1) is 22.8. The van der Waals surface area contributed by atoms with Gasteiger partial charge in [-0.05, 0) is 90.2 Å². The van der Waals surface area contributed by atoms with E-state index in [-0.39, 0.29) is 5.92 Å². The topological polar surface area (TPSA) is 60.9 Å². The average molecular weight is 512 g/mol. The molecule has 5 aromatic rings. The maximum absolute atomic E-state index is 11.6. The fourth-order valence-electron chi connectivity index (χ4n) is 4.84. The van der Waals surface area contributed by atoms with Crippen LogP contribution in [0.3, 0.4) is 0 Å². The Hall–Kier alpha value is -3.60. The van der Waals surface area contributed by atoms with Crippen LogP contribution in [0.1, 0.15) is 57.6 Å². The van der Waals surface area contributed by atoms with Crippen LogP contribution >= 0.6 is 23.2 Å². The summed E-state index contributed by atoms with van der Waals surface area (Å²) in [5, 5.41) is 1.41. The predicted molar refractivity (Wildman–Crippen MR) is 145 cm³/mol. The van der Waals surface area contributed by atoms with E-state index >= 15 is 0 Å². The number of hydrogen-bond acceptors (Lipinski definition) is 2. The summed E-state index contributed by atoms with van der Waals surface area (Å²) in [7, 11) is 0. The molecule has 2 N–H and O–H groups in total. The Morgan fingerprint density at radius 1 is 0.806 bits per heavy atom. The molecule has 1 amide bonds. The molecule has 36 heavy (non-hydrogen) atoms. The smallest absolute Gasteiger partial charge is 0.248 e. The van der Waals surface area contributed by atoms with Gasteiger partial charge in [0.1, 0.15) is 5.82 Å². The zero-order valence-corrected chi connectivity index (χ0v) is 20.9. The van der Waals surface area contributed by atoms with Crippen LogP contribution < -0.4 is 5.73 Å². The van der Waals surface area contributed by atoms with Gasteiger partial charge in [-0.1, -0.05) is 53.5 Å². The van der Waals surface area contributed by atoms with E-state index in [1.54, 1.807) is 12.1 Å². The molecule has 0 unspecified atom stereocenters. The third-order valence-electron chi connectivity index (χ3n) is 6.80. The number of amides is 1. The Morgan fingerprint density at radius 3 is 1.89 bits per heavy atom. The third-order valence-corrected chi connectivity index (χ3v) is 7.30. The Bertz CT molecular complexity index is 1520. The molecule has 1 saturated carbocycles. The quantitative estimate of drug-likeness (QED) is 0.240. The molecule has 4 nitrogen and oxygen atoms in total. The second kappa shape index (κ2) is 9.12. The van der Waals surface area contributed by atoms with E-state index in [9.17, 15) is 4.79 Å². The molecule has 0 bridgehead atoms. The number of nitrogens with zero attached hydrogens (tertiary/aromatic N) is 2. The van der Waals surface area contributed by atoms with Crippen LogP contribution in [0.5, 0.6) is 0 Å². The lowest BCUT2D eigenvalue weighted by molar-refractivity contribution is 0.100. The molecule has 178 valence electrons. The van der Waals surface area contributed by atoms with E-state index in [0.717, 1.165) is 52.1 Å². The fourth-order valence-corrected chi connectivity index (χ4v) is 5.09. The normalized spacial score (nSPS) is 13.4. The summed E-state index contributed by atoms with van der Waals surface area (Å²) in [6.45, 7) is 0. The van der Waals surface area contributed by atoms with Crippen molar-refractivity contribution in [1.29, 1.82) is 0 Å². The minimum atomic E-state index is -0.435. The van der Waals surface area contributed by atoms with E-state index in [4.69, 9.17) is 33.9 Å². The maximum Gasteiger partial charge on any atom is 0.248 e. The van der Waals surface area contributed by atoms with Crippen LogP contribution in [0, 0.1) is 0 Å². The van der Waals surface area contributed by atoms with Crippen molar-refractivity contribution in [2.24, 2.45) is 5.73 Å². The number of fused-ring (bicyclic) bond motifs is 1. The van der Waals surface area contributed by atoms with Gasteiger partial charge >= 0.3 is 0 Å². The Morgan fingerprint density at radius 2 is 1.36 bits per heavy atom. The first-order valence-corrected chi connectivity index (χ1v) is 12.7. The van der Waals surface area contributed by atoms with Gasteiger partial charge < -0.3 is 5.73 Å². The largest absolute Gasteiger partial charge is 0.366 e. The molecule has 1 aliphatic carbocycles. The van der Waals surface area contributed by atoms with Crippen LogP contribution in [0.15, 0.2) is 91.0 Å². The van der Waals surface area contributed by atoms with Crippen LogP contribution in [0.2, 0.25) is 10.0 Å². The third kappa shape index (κ3) is 4.28. The van der Waals surface area contributed by atoms with Gasteiger partial charge in [-0.15, -0.1) is 0 Å². The number of primary amides is 1. The number of halogens is 2. The number of rotatable bonds is 6. The van der Waals surface area contributed by atoms with Crippen LogP contribution in [0.25, 0.3) is 16.7 Å². The van der Waals surface area contributed by atoms with Crippen molar-refractivity contribution in [2.45, 2.75) is 24.7 Å². The van der Waals surface area contributed by atoms with Crippen molar-refractivity contribution >= 4 is 40.1 Å². The van der Waals surface area contributed by atoms with E-state index < -0.39 is 5.91 Å². The lowest BCUT2D eigenvalue weighted by Crippen LogP contribution is -2.11. The zero-order chi connectivity index (χ0) is 24.8. The lowest BCUT2D eigenvalue weighted by atomic mass is 9.85. The van der Waals surface area contributed by atoms with Crippen LogP contribution in [-0.2, 0) is 0 Å². The highest BCUT2D eigenvalue weighted by Gasteiger charge is 2.30. The number of nitrogens with two attached hydrogens (primary N) is 1. The number of benzene rings is 4. The van der Waals surface area contributed by atoms with Gasteiger partial charge in [-0.3, -0.25) is 9.36 Å². The minimum absolute atomic E-state index is 0.00565. The molecular weight excluding hydrogens is 489 g/mol. The van der Waals surface area contributed by atoms with Gasteiger partial charge in [-0.25, -0.2) is 4.98 Å². The average Bonchev–Trinajstić information content (AvgIpc) is 3.67. The first-order chi connectivity index (χ1) is 17.5. The highest BCUT2D eigenvalue weighted by molar-refractivity contribution is 6.30.